The van der Waals surface area contributed by atoms with Crippen molar-refractivity contribution in [1.82, 2.24) is 0 Å². The number of esters is 1. The summed E-state index contributed by atoms with van der Waals surface area (Å²) in [5.41, 5.74) is 2.71. The molecular weight excluding hydrogens is 352 g/mol. The molecule has 2 rings (SSSR count). The first-order valence-electron chi connectivity index (χ1n) is 8.55. The third kappa shape index (κ3) is 5.68. The van der Waals surface area contributed by atoms with E-state index in [0.29, 0.717) is 23.6 Å². The number of ether oxygens (including phenoxy) is 2. The molecule has 2 aromatic carbocycles. The van der Waals surface area contributed by atoms with Gasteiger partial charge in [0.2, 0.25) is 0 Å². The van der Waals surface area contributed by atoms with E-state index in [1.165, 1.54) is 7.11 Å². The molecule has 2 aromatic rings. The number of carbonyl (C=O) groups excluding carboxylic acids is 2. The average molecular weight is 375 g/mol. The molecule has 26 heavy (non-hydrogen) atoms. The van der Waals surface area contributed by atoms with E-state index in [2.05, 4.69) is 0 Å². The molecule has 0 heterocycles. The Hall–Kier alpha value is -2.17. The summed E-state index contributed by atoms with van der Waals surface area (Å²) in [6.45, 7) is 2.39. The maximum absolute atomic E-state index is 11.9. The van der Waals surface area contributed by atoms with E-state index in [1.807, 2.05) is 43.3 Å². The van der Waals surface area contributed by atoms with E-state index < -0.39 is 0 Å². The topological polar surface area (TPSA) is 52.6 Å². The SMILES string of the molecule is CCO[C@H](CC(=O)OC)[C@H](Cc1ccc(Cl)cc1)c1ccc(C=O)cc1. The van der Waals surface area contributed by atoms with Crippen LogP contribution < -0.4 is 0 Å². The molecule has 0 bridgehead atoms. The van der Waals surface area contributed by atoms with Gasteiger partial charge in [0, 0.05) is 23.1 Å². The largest absolute Gasteiger partial charge is 0.469 e. The van der Waals surface area contributed by atoms with Gasteiger partial charge in [-0.2, -0.15) is 0 Å². The highest BCUT2D eigenvalue weighted by Gasteiger charge is 2.27. The van der Waals surface area contributed by atoms with Crippen molar-refractivity contribution in [3.05, 3.63) is 70.2 Å². The monoisotopic (exact) mass is 374 g/mol. The first kappa shape index (κ1) is 20.1. The third-order valence-corrected chi connectivity index (χ3v) is 4.55. The van der Waals surface area contributed by atoms with Gasteiger partial charge < -0.3 is 9.47 Å². The Balaban J connectivity index is 2.34. The molecule has 0 saturated carbocycles. The Kier molecular flexibility index (Phi) is 7.82. The molecule has 4 nitrogen and oxygen atoms in total. The molecule has 138 valence electrons. The fourth-order valence-corrected chi connectivity index (χ4v) is 3.07. The summed E-state index contributed by atoms with van der Waals surface area (Å²) in [6, 6.07) is 15.0. The van der Waals surface area contributed by atoms with Crippen molar-refractivity contribution in [2.24, 2.45) is 0 Å². The summed E-state index contributed by atoms with van der Waals surface area (Å²) in [5, 5.41) is 0.677. The average Bonchev–Trinajstić information content (AvgIpc) is 2.67. The first-order valence-corrected chi connectivity index (χ1v) is 8.93. The number of aldehydes is 1. The molecule has 0 aliphatic rings. The maximum Gasteiger partial charge on any atom is 0.308 e. The van der Waals surface area contributed by atoms with Gasteiger partial charge in [-0.3, -0.25) is 9.59 Å². The molecule has 2 atom stereocenters. The lowest BCUT2D eigenvalue weighted by Gasteiger charge is -2.27. The summed E-state index contributed by atoms with van der Waals surface area (Å²) in [7, 11) is 1.37. The lowest BCUT2D eigenvalue weighted by Crippen LogP contribution is -2.28. The minimum Gasteiger partial charge on any atom is -0.469 e. The molecule has 0 aliphatic carbocycles. The zero-order valence-corrected chi connectivity index (χ0v) is 15.7. The van der Waals surface area contributed by atoms with Gasteiger partial charge in [0.25, 0.3) is 0 Å². The van der Waals surface area contributed by atoms with Gasteiger partial charge in [-0.1, -0.05) is 48.0 Å². The van der Waals surface area contributed by atoms with Crippen LogP contribution in [-0.4, -0.2) is 32.1 Å². The first-order chi connectivity index (χ1) is 12.6. The summed E-state index contributed by atoms with van der Waals surface area (Å²) < 4.78 is 10.7. The highest BCUT2D eigenvalue weighted by atomic mass is 35.5. The molecule has 0 N–H and O–H groups in total. The van der Waals surface area contributed by atoms with Crippen LogP contribution in [0.25, 0.3) is 0 Å². The lowest BCUT2D eigenvalue weighted by atomic mass is 9.85. The van der Waals surface area contributed by atoms with Gasteiger partial charge in [-0.15, -0.1) is 0 Å². The van der Waals surface area contributed by atoms with E-state index in [1.54, 1.807) is 12.1 Å². The Bertz CT molecular complexity index is 710. The number of carbonyl (C=O) groups is 2. The van der Waals surface area contributed by atoms with Crippen LogP contribution in [0.15, 0.2) is 48.5 Å². The van der Waals surface area contributed by atoms with E-state index in [-0.39, 0.29) is 24.4 Å². The highest BCUT2D eigenvalue weighted by Crippen LogP contribution is 2.29. The summed E-state index contributed by atoms with van der Waals surface area (Å²) in [5.74, 6) is -0.370. The van der Waals surface area contributed by atoms with Crippen LogP contribution in [0, 0.1) is 0 Å². The number of hydrogen-bond donors (Lipinski definition) is 0. The van der Waals surface area contributed by atoms with Crippen LogP contribution in [0.2, 0.25) is 5.02 Å². The second-order valence-corrected chi connectivity index (χ2v) is 6.43. The number of halogens is 1. The molecule has 0 aliphatic heterocycles. The number of rotatable bonds is 9. The molecular formula is C21H23ClO4. The highest BCUT2D eigenvalue weighted by molar-refractivity contribution is 6.30. The van der Waals surface area contributed by atoms with E-state index in [0.717, 1.165) is 17.4 Å². The Morgan fingerprint density at radius 3 is 2.31 bits per heavy atom. The summed E-state index contributed by atoms with van der Waals surface area (Å²) >= 11 is 5.98. The number of methoxy groups -OCH3 is 1. The molecule has 0 aromatic heterocycles. The van der Waals surface area contributed by atoms with Crippen molar-refractivity contribution in [2.45, 2.75) is 31.8 Å². The van der Waals surface area contributed by atoms with Gasteiger partial charge in [0.05, 0.1) is 19.6 Å². The summed E-state index contributed by atoms with van der Waals surface area (Å²) in [4.78, 5) is 22.8. The maximum atomic E-state index is 11.9. The zero-order chi connectivity index (χ0) is 18.9. The molecule has 0 spiro atoms. The van der Waals surface area contributed by atoms with Gasteiger partial charge in [-0.25, -0.2) is 0 Å². The van der Waals surface area contributed by atoms with Crippen LogP contribution in [0.4, 0.5) is 0 Å². The van der Waals surface area contributed by atoms with Crippen LogP contribution >= 0.6 is 11.6 Å². The summed E-state index contributed by atoms with van der Waals surface area (Å²) in [6.07, 6.45) is 1.33. The van der Waals surface area contributed by atoms with Crippen LogP contribution in [0.5, 0.6) is 0 Å². The van der Waals surface area contributed by atoms with Gasteiger partial charge >= 0.3 is 5.97 Å². The van der Waals surface area contributed by atoms with Crippen molar-refractivity contribution in [2.75, 3.05) is 13.7 Å². The Morgan fingerprint density at radius 1 is 1.12 bits per heavy atom. The van der Waals surface area contributed by atoms with Gasteiger partial charge in [-0.05, 0) is 36.6 Å². The normalized spacial score (nSPS) is 13.0. The van der Waals surface area contributed by atoms with Gasteiger partial charge in [0.1, 0.15) is 6.29 Å². The van der Waals surface area contributed by atoms with E-state index >= 15 is 0 Å². The molecule has 0 unspecified atom stereocenters. The van der Waals surface area contributed by atoms with Gasteiger partial charge in [0.15, 0.2) is 0 Å². The molecule has 0 amide bonds. The molecule has 0 fully saturated rings. The van der Waals surface area contributed by atoms with Crippen LogP contribution in [0.3, 0.4) is 0 Å². The van der Waals surface area contributed by atoms with Crippen molar-refractivity contribution in [1.29, 1.82) is 0 Å². The van der Waals surface area contributed by atoms with E-state index in [9.17, 15) is 9.59 Å². The quantitative estimate of drug-likeness (QED) is 0.480. The molecule has 5 heteroatoms. The van der Waals surface area contributed by atoms with E-state index in [4.69, 9.17) is 21.1 Å². The Labute approximate surface area is 159 Å². The third-order valence-electron chi connectivity index (χ3n) is 4.29. The zero-order valence-electron chi connectivity index (χ0n) is 15.0. The predicted molar refractivity (Wildman–Crippen MR) is 102 cm³/mol. The smallest absolute Gasteiger partial charge is 0.308 e. The van der Waals surface area contributed by atoms with Crippen molar-refractivity contribution in [3.8, 4) is 0 Å². The van der Waals surface area contributed by atoms with Crippen molar-refractivity contribution in [3.63, 3.8) is 0 Å². The second kappa shape index (κ2) is 10.1. The van der Waals surface area contributed by atoms with Crippen LogP contribution in [-0.2, 0) is 20.7 Å². The fraction of sp³-hybridized carbons (Fsp3) is 0.333. The number of benzene rings is 2. The predicted octanol–water partition coefficient (Wildman–Crippen LogP) is 4.45. The standard InChI is InChI=1S/C21H23ClO4/c1-3-26-20(13-21(24)25-2)19(12-15-6-10-18(22)11-7-15)17-8-4-16(14-23)5-9-17/h4-11,14,19-20H,3,12-13H2,1-2H3/t19-,20-/m1/s1. The Morgan fingerprint density at radius 2 is 1.77 bits per heavy atom. The lowest BCUT2D eigenvalue weighted by molar-refractivity contribution is -0.144. The molecule has 0 radical (unpaired) electrons. The number of hydrogen-bond acceptors (Lipinski definition) is 4. The minimum atomic E-state index is -0.329. The minimum absolute atomic E-state index is 0.0593. The fourth-order valence-electron chi connectivity index (χ4n) is 2.94. The van der Waals surface area contributed by atoms with Crippen LogP contribution in [0.1, 0.15) is 40.7 Å². The second-order valence-electron chi connectivity index (χ2n) is 6.00. The van der Waals surface area contributed by atoms with Crippen molar-refractivity contribution >= 4 is 23.9 Å². The molecule has 0 saturated heterocycles. The van der Waals surface area contributed by atoms with Crippen molar-refractivity contribution < 1.29 is 19.1 Å².